The molecule has 1 spiro atoms. The number of ether oxygens (including phenoxy) is 3. The molecule has 9 nitrogen and oxygen atoms in total. The maximum absolute atomic E-state index is 13.6. The average Bonchev–Trinajstić information content (AvgIpc) is 2.98. The van der Waals surface area contributed by atoms with Gasteiger partial charge in [-0.05, 0) is 62.8 Å². The minimum Gasteiger partial charge on any atom is -0.487 e. The number of carbonyl (C=O) groups excluding carboxylic acids is 1. The Bertz CT molecular complexity index is 1210. The fourth-order valence-electron chi connectivity index (χ4n) is 6.78. The Morgan fingerprint density at radius 2 is 1.93 bits per heavy atom. The zero-order valence-corrected chi connectivity index (χ0v) is 24.3. The largest absolute Gasteiger partial charge is 0.487 e. The van der Waals surface area contributed by atoms with E-state index in [4.69, 9.17) is 25.8 Å². The van der Waals surface area contributed by atoms with Gasteiger partial charge in [0.25, 0.3) is 5.91 Å². The van der Waals surface area contributed by atoms with Gasteiger partial charge in [-0.1, -0.05) is 11.6 Å². The van der Waals surface area contributed by atoms with Crippen LogP contribution >= 0.6 is 11.6 Å². The van der Waals surface area contributed by atoms with Gasteiger partial charge in [0.1, 0.15) is 29.2 Å². The fraction of sp³-hybridized carbons (Fsp3) is 0.633. The molecule has 2 aromatic rings. The molecule has 3 fully saturated rings. The van der Waals surface area contributed by atoms with Crippen LogP contribution in [0.15, 0.2) is 24.5 Å². The first-order chi connectivity index (χ1) is 19.4. The second-order valence-electron chi connectivity index (χ2n) is 11.7. The molecule has 1 N–H and O–H groups in total. The van der Waals surface area contributed by atoms with E-state index in [2.05, 4.69) is 20.2 Å². The number of likely N-dealkylation sites (tertiary alicyclic amines) is 1. The standard InChI is InChI=1S/C30H40ClN5O4/c1-20-27(29(37)36-12-6-23(7-13-36)34-24-8-16-39-18-26(24)38-2)32-19-33-28(20)35-14-10-30(11-15-35)9-5-21-17-22(31)3-4-25(21)40-30/h3-4,17,19,23-24,26,34H,5-16,18H2,1-2H3/t24-,26+/m0/s1. The number of halogens is 1. The summed E-state index contributed by atoms with van der Waals surface area (Å²) < 4.78 is 17.7. The van der Waals surface area contributed by atoms with Gasteiger partial charge in [0, 0.05) is 75.4 Å². The molecule has 1 aromatic heterocycles. The number of rotatable bonds is 5. The number of benzene rings is 1. The van der Waals surface area contributed by atoms with Gasteiger partial charge in [0.05, 0.1) is 12.7 Å². The quantitative estimate of drug-likeness (QED) is 0.582. The van der Waals surface area contributed by atoms with E-state index in [0.29, 0.717) is 37.5 Å². The predicted molar refractivity (Wildman–Crippen MR) is 153 cm³/mol. The monoisotopic (exact) mass is 569 g/mol. The summed E-state index contributed by atoms with van der Waals surface area (Å²) in [6, 6.07) is 6.59. The van der Waals surface area contributed by atoms with E-state index in [1.54, 1.807) is 13.4 Å². The molecule has 0 aliphatic carbocycles. The Morgan fingerprint density at radius 3 is 2.70 bits per heavy atom. The molecule has 1 amide bonds. The summed E-state index contributed by atoms with van der Waals surface area (Å²) in [5.41, 5.74) is 2.42. The molecule has 3 saturated heterocycles. The fourth-order valence-corrected chi connectivity index (χ4v) is 6.97. The maximum atomic E-state index is 13.6. The number of methoxy groups -OCH3 is 1. The molecule has 0 saturated carbocycles. The Balaban J connectivity index is 1.06. The van der Waals surface area contributed by atoms with Gasteiger partial charge in [-0.2, -0.15) is 0 Å². The lowest BCUT2D eigenvalue weighted by Crippen LogP contribution is -2.54. The van der Waals surface area contributed by atoms with E-state index < -0.39 is 0 Å². The first-order valence-corrected chi connectivity index (χ1v) is 15.0. The highest BCUT2D eigenvalue weighted by Crippen LogP contribution is 2.41. The first kappa shape index (κ1) is 27.7. The van der Waals surface area contributed by atoms with Gasteiger partial charge < -0.3 is 29.3 Å². The van der Waals surface area contributed by atoms with Crippen molar-refractivity contribution in [3.8, 4) is 5.75 Å². The van der Waals surface area contributed by atoms with Gasteiger partial charge in [-0.3, -0.25) is 4.79 Å². The summed E-state index contributed by atoms with van der Waals surface area (Å²) in [6.07, 6.45) is 8.22. The van der Waals surface area contributed by atoms with Crippen molar-refractivity contribution in [3.05, 3.63) is 46.4 Å². The number of nitrogens with zero attached hydrogens (tertiary/aromatic N) is 4. The van der Waals surface area contributed by atoms with Crippen molar-refractivity contribution in [1.82, 2.24) is 20.2 Å². The second-order valence-corrected chi connectivity index (χ2v) is 12.1. The van der Waals surface area contributed by atoms with E-state index in [1.165, 1.54) is 5.56 Å². The van der Waals surface area contributed by atoms with Crippen LogP contribution < -0.4 is 15.0 Å². The zero-order chi connectivity index (χ0) is 27.7. The number of hydrogen-bond acceptors (Lipinski definition) is 8. The number of fused-ring (bicyclic) bond motifs is 1. The van der Waals surface area contributed by atoms with E-state index in [9.17, 15) is 4.79 Å². The van der Waals surface area contributed by atoms with E-state index in [1.807, 2.05) is 30.0 Å². The summed E-state index contributed by atoms with van der Waals surface area (Å²) in [7, 11) is 1.75. The third-order valence-electron chi connectivity index (χ3n) is 9.27. The summed E-state index contributed by atoms with van der Waals surface area (Å²) in [5.74, 6) is 1.82. The van der Waals surface area contributed by atoms with Crippen LogP contribution in [0.3, 0.4) is 0 Å². The minimum atomic E-state index is -0.150. The minimum absolute atomic E-state index is 0.000189. The van der Waals surface area contributed by atoms with Crippen LogP contribution in [-0.2, 0) is 15.9 Å². The van der Waals surface area contributed by atoms with Crippen LogP contribution in [0.1, 0.15) is 60.1 Å². The number of piperidine rings is 2. The Hall–Kier alpha value is -2.46. The summed E-state index contributed by atoms with van der Waals surface area (Å²) in [4.78, 5) is 26.9. The first-order valence-electron chi connectivity index (χ1n) is 14.6. The molecule has 4 aliphatic rings. The highest BCUT2D eigenvalue weighted by atomic mass is 35.5. The highest BCUT2D eigenvalue weighted by molar-refractivity contribution is 6.30. The van der Waals surface area contributed by atoms with Crippen molar-refractivity contribution in [1.29, 1.82) is 0 Å². The lowest BCUT2D eigenvalue weighted by molar-refractivity contribution is -0.0533. The molecule has 0 radical (unpaired) electrons. The molecule has 5 heterocycles. The van der Waals surface area contributed by atoms with Crippen molar-refractivity contribution in [2.75, 3.05) is 51.4 Å². The number of hydrogen-bond donors (Lipinski definition) is 1. The number of aryl methyl sites for hydroxylation is 1. The van der Waals surface area contributed by atoms with Gasteiger partial charge in [0.2, 0.25) is 0 Å². The van der Waals surface area contributed by atoms with E-state index in [-0.39, 0.29) is 17.6 Å². The second kappa shape index (κ2) is 11.8. The summed E-state index contributed by atoms with van der Waals surface area (Å²) in [5, 5.41) is 4.52. The number of anilines is 1. The Kier molecular flexibility index (Phi) is 8.17. The average molecular weight is 570 g/mol. The Labute approximate surface area is 241 Å². The molecular weight excluding hydrogens is 530 g/mol. The molecule has 216 valence electrons. The van der Waals surface area contributed by atoms with Gasteiger partial charge in [-0.15, -0.1) is 0 Å². The molecule has 1 aromatic carbocycles. The molecule has 10 heteroatoms. The lowest BCUT2D eigenvalue weighted by Gasteiger charge is -2.45. The van der Waals surface area contributed by atoms with Crippen LogP contribution in [0.4, 0.5) is 5.82 Å². The van der Waals surface area contributed by atoms with Crippen LogP contribution in [0.2, 0.25) is 5.02 Å². The van der Waals surface area contributed by atoms with E-state index in [0.717, 1.165) is 86.8 Å². The van der Waals surface area contributed by atoms with Crippen LogP contribution in [-0.4, -0.2) is 91.1 Å². The van der Waals surface area contributed by atoms with Crippen molar-refractivity contribution in [2.45, 2.75) is 75.7 Å². The maximum Gasteiger partial charge on any atom is 0.272 e. The van der Waals surface area contributed by atoms with Gasteiger partial charge >= 0.3 is 0 Å². The van der Waals surface area contributed by atoms with Crippen LogP contribution in [0.5, 0.6) is 5.75 Å². The van der Waals surface area contributed by atoms with Crippen molar-refractivity contribution in [2.24, 2.45) is 0 Å². The summed E-state index contributed by atoms with van der Waals surface area (Å²) >= 11 is 6.18. The molecule has 0 bridgehead atoms. The molecule has 4 aliphatic heterocycles. The number of aromatic nitrogens is 2. The number of carbonyl (C=O) groups is 1. The van der Waals surface area contributed by atoms with Crippen molar-refractivity contribution >= 4 is 23.3 Å². The van der Waals surface area contributed by atoms with E-state index >= 15 is 0 Å². The molecule has 0 unspecified atom stereocenters. The van der Waals surface area contributed by atoms with Crippen LogP contribution in [0, 0.1) is 6.92 Å². The number of nitrogens with one attached hydrogen (secondary N) is 1. The normalized spacial score (nSPS) is 25.0. The predicted octanol–water partition coefficient (Wildman–Crippen LogP) is 3.80. The third kappa shape index (κ3) is 5.66. The molecule has 2 atom stereocenters. The highest BCUT2D eigenvalue weighted by Gasteiger charge is 2.40. The molecule has 40 heavy (non-hydrogen) atoms. The molecule has 6 rings (SSSR count). The number of amides is 1. The zero-order valence-electron chi connectivity index (χ0n) is 23.5. The van der Waals surface area contributed by atoms with Crippen molar-refractivity contribution in [3.63, 3.8) is 0 Å². The smallest absolute Gasteiger partial charge is 0.272 e. The topological polar surface area (TPSA) is 89.1 Å². The van der Waals surface area contributed by atoms with Crippen LogP contribution in [0.25, 0.3) is 0 Å². The summed E-state index contributed by atoms with van der Waals surface area (Å²) in [6.45, 7) is 6.47. The van der Waals surface area contributed by atoms with Gasteiger partial charge in [-0.25, -0.2) is 9.97 Å². The third-order valence-corrected chi connectivity index (χ3v) is 9.51. The lowest BCUT2D eigenvalue weighted by atomic mass is 9.83. The SMILES string of the molecule is CO[C@@H]1COCC[C@@H]1NC1CCN(C(=O)c2ncnc(N3CCC4(CCc5cc(Cl)ccc5O4)CC3)c2C)CC1. The Morgan fingerprint density at radius 1 is 1.12 bits per heavy atom. The van der Waals surface area contributed by atoms with Gasteiger partial charge in [0.15, 0.2) is 0 Å². The van der Waals surface area contributed by atoms with Crippen molar-refractivity contribution < 1.29 is 19.0 Å². The molecular formula is C30H40ClN5O4.